The molecular formula is C16H26N2O. The summed E-state index contributed by atoms with van der Waals surface area (Å²) in [5.41, 5.74) is 3.34. The van der Waals surface area contributed by atoms with Crippen molar-refractivity contribution in [3.05, 3.63) is 28.8 Å². The smallest absolute Gasteiger partial charge is 0.121 e. The van der Waals surface area contributed by atoms with E-state index in [1.54, 1.807) is 0 Å². The zero-order valence-electron chi connectivity index (χ0n) is 12.4. The van der Waals surface area contributed by atoms with E-state index in [1.807, 2.05) is 13.8 Å². The monoisotopic (exact) mass is 262 g/mol. The second-order valence-electron chi connectivity index (χ2n) is 5.59. The number of hydrogen-bond acceptors (Lipinski definition) is 3. The lowest BCUT2D eigenvalue weighted by Crippen LogP contribution is -2.45. The predicted molar refractivity (Wildman–Crippen MR) is 79.7 cm³/mol. The molecule has 0 amide bonds. The maximum atomic E-state index is 9.93. The van der Waals surface area contributed by atoms with Crippen LogP contribution in [0.25, 0.3) is 0 Å². The summed E-state index contributed by atoms with van der Waals surface area (Å²) in [5.74, 6) is 0.444. The number of phenols is 1. The topological polar surface area (TPSA) is 35.5 Å². The van der Waals surface area contributed by atoms with Gasteiger partial charge in [0.25, 0.3) is 0 Å². The van der Waals surface area contributed by atoms with Gasteiger partial charge in [0.2, 0.25) is 0 Å². The first kappa shape index (κ1) is 14.4. The molecule has 0 saturated carbocycles. The quantitative estimate of drug-likeness (QED) is 0.876. The minimum Gasteiger partial charge on any atom is -0.507 e. The number of hydrogen-bond donors (Lipinski definition) is 2. The number of piperazine rings is 1. The van der Waals surface area contributed by atoms with Crippen molar-refractivity contribution in [1.29, 1.82) is 0 Å². The summed E-state index contributed by atoms with van der Waals surface area (Å²) >= 11 is 0. The zero-order valence-corrected chi connectivity index (χ0v) is 12.4. The summed E-state index contributed by atoms with van der Waals surface area (Å²) in [6.07, 6.45) is 2.37. The summed E-state index contributed by atoms with van der Waals surface area (Å²) in [4.78, 5) is 2.57. The van der Waals surface area contributed by atoms with Gasteiger partial charge in [-0.1, -0.05) is 25.5 Å². The zero-order chi connectivity index (χ0) is 13.8. The Kier molecular flexibility index (Phi) is 4.83. The Bertz CT molecular complexity index is 402. The number of aromatic hydroxyl groups is 1. The summed E-state index contributed by atoms with van der Waals surface area (Å²) in [6.45, 7) is 10.6. The lowest BCUT2D eigenvalue weighted by molar-refractivity contribution is 0.164. The van der Waals surface area contributed by atoms with Gasteiger partial charge < -0.3 is 10.4 Å². The van der Waals surface area contributed by atoms with Crippen molar-refractivity contribution in [2.45, 2.75) is 39.7 Å². The average molecular weight is 262 g/mol. The van der Waals surface area contributed by atoms with Gasteiger partial charge in [0, 0.05) is 32.2 Å². The van der Waals surface area contributed by atoms with Crippen molar-refractivity contribution in [2.24, 2.45) is 0 Å². The summed E-state index contributed by atoms with van der Waals surface area (Å²) in [5, 5.41) is 13.3. The van der Waals surface area contributed by atoms with E-state index in [4.69, 9.17) is 0 Å². The third-order valence-electron chi connectivity index (χ3n) is 4.05. The van der Waals surface area contributed by atoms with E-state index in [9.17, 15) is 5.11 Å². The van der Waals surface area contributed by atoms with Crippen molar-refractivity contribution < 1.29 is 5.11 Å². The van der Waals surface area contributed by atoms with Crippen LogP contribution in [0.3, 0.4) is 0 Å². The first-order valence-electron chi connectivity index (χ1n) is 7.38. The van der Waals surface area contributed by atoms with Crippen molar-refractivity contribution in [1.82, 2.24) is 10.2 Å². The Hall–Kier alpha value is -1.06. The van der Waals surface area contributed by atoms with Crippen LogP contribution in [0.4, 0.5) is 0 Å². The number of phenolic OH excluding ortho intramolecular Hbond substituents is 1. The lowest BCUT2D eigenvalue weighted by atomic mass is 9.95. The Morgan fingerprint density at radius 1 is 1.21 bits per heavy atom. The molecule has 0 radical (unpaired) electrons. The molecular weight excluding hydrogens is 236 g/mol. The molecule has 1 heterocycles. The largest absolute Gasteiger partial charge is 0.507 e. The highest BCUT2D eigenvalue weighted by Gasteiger charge is 2.22. The Labute approximate surface area is 116 Å². The van der Waals surface area contributed by atoms with Crippen LogP contribution in [-0.2, 0) is 0 Å². The van der Waals surface area contributed by atoms with E-state index in [0.29, 0.717) is 11.8 Å². The second-order valence-corrected chi connectivity index (χ2v) is 5.59. The van der Waals surface area contributed by atoms with Gasteiger partial charge in [-0.3, -0.25) is 4.90 Å². The highest BCUT2D eigenvalue weighted by molar-refractivity contribution is 5.43. The van der Waals surface area contributed by atoms with Gasteiger partial charge in [0.15, 0.2) is 0 Å². The first-order valence-corrected chi connectivity index (χ1v) is 7.38. The summed E-state index contributed by atoms with van der Waals surface area (Å²) in [7, 11) is 0. The lowest BCUT2D eigenvalue weighted by Gasteiger charge is -2.35. The molecule has 1 aliphatic heterocycles. The minimum absolute atomic E-state index is 0.444. The molecule has 0 spiro atoms. The minimum atomic E-state index is 0.444. The van der Waals surface area contributed by atoms with Crippen molar-refractivity contribution in [3.8, 4) is 5.75 Å². The van der Waals surface area contributed by atoms with Crippen LogP contribution in [0.1, 0.15) is 42.5 Å². The fourth-order valence-electron chi connectivity index (χ4n) is 3.01. The maximum Gasteiger partial charge on any atom is 0.121 e. The number of nitrogens with zero attached hydrogens (tertiary/aromatic N) is 1. The van der Waals surface area contributed by atoms with Crippen LogP contribution in [0.15, 0.2) is 12.1 Å². The van der Waals surface area contributed by atoms with Gasteiger partial charge in [0.1, 0.15) is 5.75 Å². The summed E-state index contributed by atoms with van der Waals surface area (Å²) < 4.78 is 0. The second kappa shape index (κ2) is 6.40. The van der Waals surface area contributed by atoms with Crippen LogP contribution >= 0.6 is 0 Å². The van der Waals surface area contributed by atoms with E-state index < -0.39 is 0 Å². The van der Waals surface area contributed by atoms with Crippen molar-refractivity contribution in [3.63, 3.8) is 0 Å². The Morgan fingerprint density at radius 2 is 1.79 bits per heavy atom. The fourth-order valence-corrected chi connectivity index (χ4v) is 3.01. The third kappa shape index (κ3) is 3.28. The molecule has 0 unspecified atom stereocenters. The third-order valence-corrected chi connectivity index (χ3v) is 4.05. The van der Waals surface area contributed by atoms with Gasteiger partial charge in [-0.25, -0.2) is 0 Å². The molecule has 0 aliphatic carbocycles. The number of aryl methyl sites for hydroxylation is 2. The number of benzene rings is 1. The highest BCUT2D eigenvalue weighted by atomic mass is 16.3. The molecule has 3 nitrogen and oxygen atoms in total. The number of rotatable bonds is 4. The van der Waals surface area contributed by atoms with E-state index in [2.05, 4.69) is 29.3 Å². The molecule has 1 atom stereocenters. The first-order chi connectivity index (χ1) is 9.13. The normalized spacial score (nSPS) is 18.5. The molecule has 2 rings (SSSR count). The molecule has 1 aliphatic rings. The molecule has 19 heavy (non-hydrogen) atoms. The van der Waals surface area contributed by atoms with E-state index >= 15 is 0 Å². The van der Waals surface area contributed by atoms with E-state index in [0.717, 1.165) is 37.3 Å². The Balaban J connectivity index is 2.27. The van der Waals surface area contributed by atoms with Crippen LogP contribution < -0.4 is 5.32 Å². The van der Waals surface area contributed by atoms with Crippen LogP contribution in [0.2, 0.25) is 0 Å². The number of nitrogens with one attached hydrogen (secondary N) is 1. The molecule has 2 N–H and O–H groups in total. The van der Waals surface area contributed by atoms with Crippen LogP contribution in [0.5, 0.6) is 5.75 Å². The standard InChI is InChI=1S/C16H26N2O/c1-4-5-15(18-8-6-17-7-9-18)14-10-12(2)16(19)13(3)11-14/h10-11,15,17,19H,4-9H2,1-3H3/t15-/m0/s1. The molecule has 1 aromatic rings. The SMILES string of the molecule is CCC[C@@H](c1cc(C)c(O)c(C)c1)N1CCNCC1. The fraction of sp³-hybridized carbons (Fsp3) is 0.625. The molecule has 0 aromatic heterocycles. The van der Waals surface area contributed by atoms with Crippen LogP contribution in [-0.4, -0.2) is 36.2 Å². The predicted octanol–water partition coefficient (Wildman–Crippen LogP) is 2.76. The van der Waals surface area contributed by atoms with Gasteiger partial charge in [-0.05, 0) is 37.0 Å². The van der Waals surface area contributed by atoms with Gasteiger partial charge in [-0.15, -0.1) is 0 Å². The van der Waals surface area contributed by atoms with Crippen LogP contribution in [0, 0.1) is 13.8 Å². The van der Waals surface area contributed by atoms with Gasteiger partial charge >= 0.3 is 0 Å². The van der Waals surface area contributed by atoms with Crippen molar-refractivity contribution >= 4 is 0 Å². The molecule has 106 valence electrons. The molecule has 1 saturated heterocycles. The van der Waals surface area contributed by atoms with Gasteiger partial charge in [-0.2, -0.15) is 0 Å². The van der Waals surface area contributed by atoms with E-state index in [-0.39, 0.29) is 0 Å². The van der Waals surface area contributed by atoms with Crippen molar-refractivity contribution in [2.75, 3.05) is 26.2 Å². The molecule has 0 bridgehead atoms. The highest BCUT2D eigenvalue weighted by Crippen LogP contribution is 2.31. The maximum absolute atomic E-state index is 9.93. The molecule has 3 heteroatoms. The van der Waals surface area contributed by atoms with Gasteiger partial charge in [0.05, 0.1) is 0 Å². The van der Waals surface area contributed by atoms with E-state index in [1.165, 1.54) is 18.4 Å². The Morgan fingerprint density at radius 3 is 2.32 bits per heavy atom. The average Bonchev–Trinajstić information content (AvgIpc) is 2.42. The molecule has 1 aromatic carbocycles. The molecule has 1 fully saturated rings. The summed E-state index contributed by atoms with van der Waals surface area (Å²) in [6, 6.07) is 4.81.